The van der Waals surface area contributed by atoms with Crippen LogP contribution < -0.4 is 0 Å². The number of hydrogen-bond acceptors (Lipinski definition) is 2. The van der Waals surface area contributed by atoms with Gasteiger partial charge in [0, 0.05) is 11.8 Å². The fourth-order valence-electron chi connectivity index (χ4n) is 1.39. The summed E-state index contributed by atoms with van der Waals surface area (Å²) in [6, 6.07) is 5.24. The summed E-state index contributed by atoms with van der Waals surface area (Å²) in [5.41, 5.74) is -0.727. The Morgan fingerprint density at radius 3 is 2.37 bits per heavy atom. The first-order valence-corrected chi connectivity index (χ1v) is 9.08. The van der Waals surface area contributed by atoms with Crippen molar-refractivity contribution in [1.82, 2.24) is 0 Å². The maximum atomic E-state index is 12.7. The van der Waals surface area contributed by atoms with Crippen molar-refractivity contribution < 1.29 is 17.6 Å². The molecule has 0 fully saturated rings. The first kappa shape index (κ1) is 15.5. The van der Waals surface area contributed by atoms with E-state index >= 15 is 0 Å². The Bertz CT molecular complexity index is 489. The molecule has 104 valence electrons. The molecule has 0 radical (unpaired) electrons. The van der Waals surface area contributed by atoms with E-state index in [1.807, 2.05) is 19.6 Å². The second-order valence-electron chi connectivity index (χ2n) is 4.95. The molecule has 0 saturated carbocycles. The summed E-state index contributed by atoms with van der Waals surface area (Å²) in [6.07, 6.45) is -3.27. The van der Waals surface area contributed by atoms with Crippen LogP contribution in [0.15, 0.2) is 41.7 Å². The van der Waals surface area contributed by atoms with Crippen LogP contribution in [0.5, 0.6) is 0 Å². The van der Waals surface area contributed by atoms with Crippen molar-refractivity contribution >= 4 is 14.5 Å². The molecule has 0 unspecified atom stereocenters. The van der Waals surface area contributed by atoms with Crippen LogP contribution in [-0.4, -0.2) is 14.5 Å². The third-order valence-electron chi connectivity index (χ3n) is 2.04. The zero-order valence-corrected chi connectivity index (χ0v) is 12.1. The van der Waals surface area contributed by atoms with Crippen LogP contribution in [0.1, 0.15) is 11.1 Å². The number of rotatable bonds is 4. The van der Waals surface area contributed by atoms with E-state index in [9.17, 15) is 13.2 Å². The van der Waals surface area contributed by atoms with Crippen molar-refractivity contribution in [1.29, 1.82) is 0 Å². The van der Waals surface area contributed by atoms with Crippen molar-refractivity contribution in [2.75, 3.05) is 0 Å². The average molecular weight is 287 g/mol. The molecule has 1 rings (SSSR count). The minimum atomic E-state index is -4.40. The Morgan fingerprint density at radius 2 is 1.84 bits per heavy atom. The van der Waals surface area contributed by atoms with Gasteiger partial charge in [0.25, 0.3) is 0 Å². The summed E-state index contributed by atoms with van der Waals surface area (Å²) < 4.78 is 43.7. The zero-order chi connectivity index (χ0) is 14.7. The van der Waals surface area contributed by atoms with Gasteiger partial charge in [-0.3, -0.25) is 0 Å². The molecule has 0 aliphatic carbocycles. The summed E-state index contributed by atoms with van der Waals surface area (Å²) in [5, 5.41) is 0. The van der Waals surface area contributed by atoms with Crippen molar-refractivity contribution in [3.63, 3.8) is 0 Å². The van der Waals surface area contributed by atoms with Gasteiger partial charge in [0.1, 0.15) is 0 Å². The summed E-state index contributed by atoms with van der Waals surface area (Å²) in [7, 11) is -1.84. The summed E-state index contributed by atoms with van der Waals surface area (Å²) in [4.78, 5) is 3.85. The fraction of sp³-hybridized carbons (Fsp3) is 0.308. The van der Waals surface area contributed by atoms with E-state index in [0.717, 1.165) is 12.3 Å². The van der Waals surface area contributed by atoms with E-state index in [2.05, 4.69) is 11.6 Å². The Balaban J connectivity index is 2.92. The normalized spacial score (nSPS) is 12.7. The standard InChI is InChI=1S/C13H16F3NOSi/c1-10(18-19(2,3)4)17-9-11-7-5-6-8-12(11)13(14,15)16/h5-9H,1H2,2-4H3/b17-9+. The number of nitrogens with zero attached hydrogens (tertiary/aromatic N) is 1. The lowest BCUT2D eigenvalue weighted by Gasteiger charge is -2.18. The molecule has 2 nitrogen and oxygen atoms in total. The Kier molecular flexibility index (Phi) is 4.57. The number of alkyl halides is 3. The topological polar surface area (TPSA) is 21.6 Å². The van der Waals surface area contributed by atoms with Gasteiger partial charge in [-0.15, -0.1) is 0 Å². The molecule has 0 N–H and O–H groups in total. The SMILES string of the molecule is C=C(/N=C/c1ccccc1C(F)(F)F)O[Si](C)(C)C. The second-order valence-corrected chi connectivity index (χ2v) is 9.38. The van der Waals surface area contributed by atoms with E-state index in [4.69, 9.17) is 4.43 Å². The largest absolute Gasteiger partial charge is 0.532 e. The Labute approximate surface area is 111 Å². The molecule has 0 atom stereocenters. The maximum absolute atomic E-state index is 12.7. The number of hydrogen-bond donors (Lipinski definition) is 0. The third-order valence-corrected chi connectivity index (χ3v) is 2.89. The van der Waals surface area contributed by atoms with Gasteiger partial charge in [-0.2, -0.15) is 13.2 Å². The van der Waals surface area contributed by atoms with Gasteiger partial charge in [-0.25, -0.2) is 4.99 Å². The van der Waals surface area contributed by atoms with Crippen LogP contribution in [0.25, 0.3) is 0 Å². The van der Waals surface area contributed by atoms with E-state index in [1.165, 1.54) is 18.2 Å². The van der Waals surface area contributed by atoms with Crippen LogP contribution >= 0.6 is 0 Å². The monoisotopic (exact) mass is 287 g/mol. The number of benzene rings is 1. The molecule has 1 aromatic carbocycles. The predicted octanol–water partition coefficient (Wildman–Crippen LogP) is 4.45. The highest BCUT2D eigenvalue weighted by Gasteiger charge is 2.32. The van der Waals surface area contributed by atoms with Crippen LogP contribution in [0, 0.1) is 0 Å². The molecule has 0 bridgehead atoms. The molecule has 1 aromatic rings. The highest BCUT2D eigenvalue weighted by atomic mass is 28.4. The highest BCUT2D eigenvalue weighted by Crippen LogP contribution is 2.31. The van der Waals surface area contributed by atoms with Crippen LogP contribution in [0.4, 0.5) is 13.2 Å². The molecular formula is C13H16F3NOSi. The molecule has 6 heteroatoms. The lowest BCUT2D eigenvalue weighted by atomic mass is 10.1. The Morgan fingerprint density at radius 1 is 1.26 bits per heavy atom. The van der Waals surface area contributed by atoms with Crippen molar-refractivity contribution in [2.45, 2.75) is 25.8 Å². The van der Waals surface area contributed by atoms with E-state index < -0.39 is 20.1 Å². The molecule has 19 heavy (non-hydrogen) atoms. The van der Waals surface area contributed by atoms with Gasteiger partial charge in [-0.05, 0) is 32.3 Å². The highest BCUT2D eigenvalue weighted by molar-refractivity contribution is 6.70. The zero-order valence-electron chi connectivity index (χ0n) is 11.1. The molecule has 0 aromatic heterocycles. The van der Waals surface area contributed by atoms with Crippen LogP contribution in [0.3, 0.4) is 0 Å². The third kappa shape index (κ3) is 5.29. The summed E-state index contributed by atoms with van der Waals surface area (Å²) in [6.45, 7) is 9.41. The molecule has 0 amide bonds. The molecule has 0 aliphatic heterocycles. The Hall–Kier alpha value is -1.56. The van der Waals surface area contributed by atoms with Gasteiger partial charge in [-0.1, -0.05) is 18.2 Å². The number of aliphatic imine (C=N–C) groups is 1. The fourth-order valence-corrected chi connectivity index (χ4v) is 2.15. The van der Waals surface area contributed by atoms with Gasteiger partial charge in [0.05, 0.1) is 5.56 Å². The van der Waals surface area contributed by atoms with Gasteiger partial charge in [0.15, 0.2) is 5.88 Å². The first-order chi connectivity index (χ1) is 8.59. The minimum Gasteiger partial charge on any atom is -0.532 e. The van der Waals surface area contributed by atoms with E-state index in [-0.39, 0.29) is 11.4 Å². The predicted molar refractivity (Wildman–Crippen MR) is 72.6 cm³/mol. The minimum absolute atomic E-state index is 0.00433. The van der Waals surface area contributed by atoms with Crippen molar-refractivity contribution in [2.24, 2.45) is 4.99 Å². The summed E-state index contributed by atoms with van der Waals surface area (Å²) in [5.74, 6) is 0.135. The summed E-state index contributed by atoms with van der Waals surface area (Å²) >= 11 is 0. The van der Waals surface area contributed by atoms with Gasteiger partial charge < -0.3 is 4.43 Å². The van der Waals surface area contributed by atoms with E-state index in [1.54, 1.807) is 0 Å². The van der Waals surface area contributed by atoms with Crippen molar-refractivity contribution in [3.05, 3.63) is 47.9 Å². The smallest absolute Gasteiger partial charge is 0.417 e. The average Bonchev–Trinajstić information content (AvgIpc) is 2.23. The first-order valence-electron chi connectivity index (χ1n) is 5.68. The second kappa shape index (κ2) is 5.60. The maximum Gasteiger partial charge on any atom is 0.417 e. The molecule has 0 spiro atoms. The van der Waals surface area contributed by atoms with Crippen LogP contribution in [0.2, 0.25) is 19.6 Å². The number of halogens is 3. The van der Waals surface area contributed by atoms with E-state index in [0.29, 0.717) is 0 Å². The molecule has 0 heterocycles. The van der Waals surface area contributed by atoms with Gasteiger partial charge in [0.2, 0.25) is 8.32 Å². The quantitative estimate of drug-likeness (QED) is 0.455. The van der Waals surface area contributed by atoms with Crippen LogP contribution in [-0.2, 0) is 10.6 Å². The lowest BCUT2D eigenvalue weighted by Crippen LogP contribution is -2.24. The van der Waals surface area contributed by atoms with Gasteiger partial charge >= 0.3 is 6.18 Å². The lowest BCUT2D eigenvalue weighted by molar-refractivity contribution is -0.137. The molecule has 0 aliphatic rings. The van der Waals surface area contributed by atoms with Crippen molar-refractivity contribution in [3.8, 4) is 0 Å². The molecule has 0 saturated heterocycles. The molecular weight excluding hydrogens is 271 g/mol.